The van der Waals surface area contributed by atoms with Gasteiger partial charge in [0.05, 0.1) is 27.2 Å². The number of halogens is 2. The molecule has 1 aliphatic heterocycles. The summed E-state index contributed by atoms with van der Waals surface area (Å²) in [5, 5.41) is 3.50. The largest absolute Gasteiger partial charge is 0.489 e. The van der Waals surface area contributed by atoms with Gasteiger partial charge in [0.15, 0.2) is 0 Å². The second-order valence-corrected chi connectivity index (χ2v) is 16.8. The van der Waals surface area contributed by atoms with E-state index >= 15 is 0 Å². The molecule has 1 amide bonds. The van der Waals surface area contributed by atoms with Crippen molar-refractivity contribution in [2.24, 2.45) is 0 Å². The molecule has 2 atom stereocenters. The maximum Gasteiger partial charge on any atom is 0.338 e. The Labute approximate surface area is 394 Å². The van der Waals surface area contributed by atoms with E-state index in [0.717, 1.165) is 28.8 Å². The summed E-state index contributed by atoms with van der Waals surface area (Å²) >= 11 is 13.2. The molecule has 7 aromatic rings. The summed E-state index contributed by atoms with van der Waals surface area (Å²) in [7, 11) is 0. The predicted octanol–water partition coefficient (Wildman–Crippen LogP) is 11.6. The number of hydrogen-bond donors (Lipinski definition) is 1. The summed E-state index contributed by atoms with van der Waals surface area (Å²) in [6.45, 7) is 2.33. The lowest BCUT2D eigenvalue weighted by Crippen LogP contribution is -2.50. The number of hydrogen-bond acceptors (Lipinski definition) is 8. The Balaban J connectivity index is 1.10. The van der Waals surface area contributed by atoms with Gasteiger partial charge >= 0.3 is 5.97 Å². The molecule has 1 aliphatic rings. The fraction of sp³-hybridized carbons (Fsp3) is 0.182. The lowest BCUT2D eigenvalue weighted by molar-refractivity contribution is 0.0174. The number of nitrogens with zero attached hydrogens (tertiary/aromatic N) is 1. The third-order valence-corrected chi connectivity index (χ3v) is 11.9. The lowest BCUT2D eigenvalue weighted by atomic mass is 9.99. The van der Waals surface area contributed by atoms with Crippen molar-refractivity contribution in [2.75, 3.05) is 13.1 Å². The first kappa shape index (κ1) is 45.7. The van der Waals surface area contributed by atoms with E-state index in [9.17, 15) is 14.4 Å². The number of amides is 1. The molecule has 0 spiro atoms. The Morgan fingerprint density at radius 1 is 0.561 bits per heavy atom. The van der Waals surface area contributed by atoms with Gasteiger partial charge in [0, 0.05) is 18.7 Å². The highest BCUT2D eigenvalue weighted by atomic mass is 35.5. The van der Waals surface area contributed by atoms with Gasteiger partial charge in [-0.05, 0) is 90.2 Å². The molecule has 9 nitrogen and oxygen atoms in total. The second kappa shape index (κ2) is 22.3. The van der Waals surface area contributed by atoms with Gasteiger partial charge in [-0.1, -0.05) is 151 Å². The fourth-order valence-corrected chi connectivity index (χ4v) is 8.41. The van der Waals surface area contributed by atoms with E-state index in [1.54, 1.807) is 42.5 Å². The third-order valence-electron chi connectivity index (χ3n) is 11.2. The van der Waals surface area contributed by atoms with Gasteiger partial charge in [0.25, 0.3) is 5.91 Å². The molecule has 2 unspecified atom stereocenters. The van der Waals surface area contributed by atoms with Crippen LogP contribution < -0.4 is 19.5 Å². The fourth-order valence-electron chi connectivity index (χ4n) is 7.84. The Morgan fingerprint density at radius 3 is 1.59 bits per heavy atom. The molecule has 0 radical (unpaired) electrons. The normalized spacial score (nSPS) is 14.9. The van der Waals surface area contributed by atoms with Crippen molar-refractivity contribution in [3.05, 3.63) is 230 Å². The van der Waals surface area contributed by atoms with Crippen LogP contribution >= 0.6 is 23.2 Å². The number of likely N-dealkylation sites (tertiary alicyclic amines) is 1. The third kappa shape index (κ3) is 12.0. The maximum absolute atomic E-state index is 14.6. The zero-order valence-electron chi connectivity index (χ0n) is 36.1. The van der Waals surface area contributed by atoms with Gasteiger partial charge in [-0.15, -0.1) is 0 Å². The molecule has 8 rings (SSSR count). The van der Waals surface area contributed by atoms with E-state index < -0.39 is 23.9 Å². The molecule has 0 aliphatic carbocycles. The molecule has 334 valence electrons. The van der Waals surface area contributed by atoms with Crippen molar-refractivity contribution in [1.29, 1.82) is 0 Å². The van der Waals surface area contributed by atoms with E-state index in [0.29, 0.717) is 43.9 Å². The number of ether oxygens (including phenoxy) is 4. The number of carbonyl (C=O) groups excluding carboxylic acids is 3. The van der Waals surface area contributed by atoms with E-state index in [1.807, 2.05) is 109 Å². The quantitative estimate of drug-likeness (QED) is 0.0712. The van der Waals surface area contributed by atoms with Crippen molar-refractivity contribution in [3.63, 3.8) is 0 Å². The average Bonchev–Trinajstić information content (AvgIpc) is 3.53. The summed E-state index contributed by atoms with van der Waals surface area (Å²) in [5.74, 6) is -0.752. The van der Waals surface area contributed by atoms with Crippen LogP contribution in [0, 0.1) is 0 Å². The average molecular weight is 920 g/mol. The maximum atomic E-state index is 14.6. The van der Waals surface area contributed by atoms with Crippen LogP contribution in [0.1, 0.15) is 71.7 Å². The van der Waals surface area contributed by atoms with Crippen molar-refractivity contribution < 1.29 is 33.3 Å². The van der Waals surface area contributed by atoms with Gasteiger partial charge in [0.2, 0.25) is 5.78 Å². The minimum absolute atomic E-state index is 0.0426. The molecular weight excluding hydrogens is 872 g/mol. The molecule has 0 saturated carbocycles. The highest BCUT2D eigenvalue weighted by Crippen LogP contribution is 2.38. The summed E-state index contributed by atoms with van der Waals surface area (Å²) in [4.78, 5) is 45.5. The molecule has 7 aromatic carbocycles. The van der Waals surface area contributed by atoms with Crippen LogP contribution in [0.25, 0.3) is 0 Å². The van der Waals surface area contributed by atoms with Gasteiger partial charge < -0.3 is 24.3 Å². The van der Waals surface area contributed by atoms with Crippen molar-refractivity contribution in [1.82, 2.24) is 10.2 Å². The van der Waals surface area contributed by atoms with Gasteiger partial charge in [-0.3, -0.25) is 14.5 Å². The van der Waals surface area contributed by atoms with Gasteiger partial charge in [-0.25, -0.2) is 4.79 Å². The summed E-state index contributed by atoms with van der Waals surface area (Å²) in [5.41, 5.74) is 4.46. The number of esters is 1. The van der Waals surface area contributed by atoms with Crippen LogP contribution in [0.2, 0.25) is 10.0 Å². The Bertz CT molecular complexity index is 2640. The molecule has 1 fully saturated rings. The van der Waals surface area contributed by atoms with E-state index in [-0.39, 0.29) is 57.4 Å². The Morgan fingerprint density at radius 2 is 1.06 bits per heavy atom. The summed E-state index contributed by atoms with van der Waals surface area (Å²) < 4.78 is 25.2. The summed E-state index contributed by atoms with van der Waals surface area (Å²) in [6, 6.07) is 53.1. The number of ketones is 1. The van der Waals surface area contributed by atoms with Crippen LogP contribution in [0.4, 0.5) is 0 Å². The van der Waals surface area contributed by atoms with Crippen molar-refractivity contribution in [2.45, 2.75) is 51.4 Å². The molecule has 11 heteroatoms. The highest BCUT2D eigenvalue weighted by Gasteiger charge is 2.34. The highest BCUT2D eigenvalue weighted by molar-refractivity contribution is 6.41. The predicted molar refractivity (Wildman–Crippen MR) is 257 cm³/mol. The smallest absolute Gasteiger partial charge is 0.338 e. The van der Waals surface area contributed by atoms with Gasteiger partial charge in [-0.2, -0.15) is 0 Å². The summed E-state index contributed by atoms with van der Waals surface area (Å²) in [6.07, 6.45) is 0.458. The van der Waals surface area contributed by atoms with Crippen LogP contribution in [0.5, 0.6) is 17.2 Å². The molecular formula is C55H48Cl2N2O7. The van der Waals surface area contributed by atoms with Crippen molar-refractivity contribution >= 4 is 40.9 Å². The molecule has 1 N–H and O–H groups in total. The molecule has 0 aromatic heterocycles. The van der Waals surface area contributed by atoms with E-state index in [2.05, 4.69) is 22.3 Å². The zero-order valence-corrected chi connectivity index (χ0v) is 37.6. The van der Waals surface area contributed by atoms with E-state index in [1.165, 1.54) is 12.1 Å². The first-order chi connectivity index (χ1) is 32.3. The number of nitrogens with one attached hydrogen (secondary N) is 1. The number of rotatable bonds is 17. The first-order valence-corrected chi connectivity index (χ1v) is 22.6. The topological polar surface area (TPSA) is 103 Å². The van der Waals surface area contributed by atoms with Crippen LogP contribution in [-0.2, 0) is 31.1 Å². The van der Waals surface area contributed by atoms with Crippen LogP contribution in [0.3, 0.4) is 0 Å². The van der Waals surface area contributed by atoms with Crippen molar-refractivity contribution in [3.8, 4) is 17.2 Å². The number of carbonyl (C=O) groups is 3. The zero-order chi connectivity index (χ0) is 45.7. The molecule has 1 saturated heterocycles. The molecule has 66 heavy (non-hydrogen) atoms. The Hall–Kier alpha value is -6.91. The molecule has 1 heterocycles. The second-order valence-electron chi connectivity index (χ2n) is 16.0. The monoisotopic (exact) mass is 918 g/mol. The van der Waals surface area contributed by atoms with Gasteiger partial charge in [0.1, 0.15) is 48.7 Å². The first-order valence-electron chi connectivity index (χ1n) is 21.8. The lowest BCUT2D eigenvalue weighted by Gasteiger charge is -2.29. The minimum atomic E-state index is -0.721. The Kier molecular flexibility index (Phi) is 15.4. The molecule has 0 bridgehead atoms. The van der Waals surface area contributed by atoms with Crippen LogP contribution in [0.15, 0.2) is 176 Å². The van der Waals surface area contributed by atoms with E-state index in [4.69, 9.17) is 42.1 Å². The minimum Gasteiger partial charge on any atom is -0.489 e. The van der Waals surface area contributed by atoms with Crippen LogP contribution in [-0.4, -0.2) is 47.8 Å². The number of benzene rings is 7. The standard InChI is InChI=1S/C55H48Cl2N2O7/c56-45-23-13-24-46(57)51(45)53(60)52-49(64-36-40-19-9-3-10-20-40)31-43(32-50(52)65-37-41-21-11-4-12-22-41)55(62)66-48-25-14-30-59(33-38-15-5-1-6-16-38)34-47(48)58-54(61)42-26-28-44(29-27-42)63-35-39-17-7-2-8-18-39/h1-13,15-24,26-29,31-32,47-48H,14,25,30,33-37H2,(H,58,61). The SMILES string of the molecule is O=C(NC1CN(Cc2ccccc2)CCCC1OC(=O)c1cc(OCc2ccccc2)c(C(=O)c2c(Cl)cccc2Cl)c(OCc2ccccc2)c1)c1ccc(OCc2ccccc2)cc1.